The third-order valence-electron chi connectivity index (χ3n) is 2.74. The van der Waals surface area contributed by atoms with Crippen molar-refractivity contribution in [3.63, 3.8) is 0 Å². The Morgan fingerprint density at radius 3 is 3.13 bits per heavy atom. The standard InChI is InChI=1S/C9H14N2O4/c1-14-6-8(12)10-2-3-11-7(4-10)5-15-9(11)13/h7H,2-6H2,1H3/t7-/m0/s1. The van der Waals surface area contributed by atoms with Gasteiger partial charge in [-0.1, -0.05) is 0 Å². The van der Waals surface area contributed by atoms with Gasteiger partial charge >= 0.3 is 6.09 Å². The van der Waals surface area contributed by atoms with E-state index in [2.05, 4.69) is 0 Å². The maximum atomic E-state index is 11.5. The number of hydrogen-bond donors (Lipinski definition) is 0. The molecule has 0 aromatic carbocycles. The summed E-state index contributed by atoms with van der Waals surface area (Å²) < 4.78 is 9.69. The lowest BCUT2D eigenvalue weighted by Gasteiger charge is -2.35. The number of cyclic esters (lactones) is 1. The zero-order chi connectivity index (χ0) is 10.8. The van der Waals surface area contributed by atoms with E-state index < -0.39 is 0 Å². The SMILES string of the molecule is COCC(=O)N1CCN2C(=O)OC[C@@H]2C1. The number of piperazine rings is 1. The second-order valence-electron chi connectivity index (χ2n) is 3.70. The summed E-state index contributed by atoms with van der Waals surface area (Å²) in [5.41, 5.74) is 0. The van der Waals surface area contributed by atoms with Crippen molar-refractivity contribution >= 4 is 12.0 Å². The van der Waals surface area contributed by atoms with Crippen LogP contribution >= 0.6 is 0 Å². The highest BCUT2D eigenvalue weighted by atomic mass is 16.6. The number of hydrogen-bond acceptors (Lipinski definition) is 4. The average molecular weight is 214 g/mol. The lowest BCUT2D eigenvalue weighted by Crippen LogP contribution is -2.54. The first-order chi connectivity index (χ1) is 7.22. The van der Waals surface area contributed by atoms with Crippen LogP contribution in [-0.4, -0.2) is 67.8 Å². The molecule has 2 saturated heterocycles. The third kappa shape index (κ3) is 1.90. The molecule has 0 spiro atoms. The minimum absolute atomic E-state index is 0.0204. The Balaban J connectivity index is 1.93. The highest BCUT2D eigenvalue weighted by Crippen LogP contribution is 2.17. The molecule has 0 saturated carbocycles. The molecule has 6 heteroatoms. The molecule has 84 valence electrons. The van der Waals surface area contributed by atoms with Crippen LogP contribution in [0.15, 0.2) is 0 Å². The van der Waals surface area contributed by atoms with E-state index in [4.69, 9.17) is 9.47 Å². The number of nitrogens with zero attached hydrogens (tertiary/aromatic N) is 2. The summed E-state index contributed by atoms with van der Waals surface area (Å²) in [7, 11) is 1.50. The molecule has 0 bridgehead atoms. The van der Waals surface area contributed by atoms with E-state index in [0.29, 0.717) is 26.2 Å². The van der Waals surface area contributed by atoms with E-state index in [0.717, 1.165) is 0 Å². The van der Waals surface area contributed by atoms with E-state index in [1.54, 1.807) is 9.80 Å². The van der Waals surface area contributed by atoms with Crippen molar-refractivity contribution in [2.45, 2.75) is 6.04 Å². The summed E-state index contributed by atoms with van der Waals surface area (Å²) in [4.78, 5) is 26.1. The molecule has 2 amide bonds. The number of carbonyl (C=O) groups excluding carboxylic acids is 2. The molecule has 0 N–H and O–H groups in total. The van der Waals surface area contributed by atoms with Gasteiger partial charge in [0.15, 0.2) is 0 Å². The van der Waals surface area contributed by atoms with E-state index in [1.807, 2.05) is 0 Å². The average Bonchev–Trinajstić information content (AvgIpc) is 2.60. The van der Waals surface area contributed by atoms with Crippen LogP contribution in [0.4, 0.5) is 4.79 Å². The van der Waals surface area contributed by atoms with Gasteiger partial charge in [0.05, 0.1) is 6.04 Å². The first-order valence-electron chi connectivity index (χ1n) is 4.92. The normalized spacial score (nSPS) is 25.1. The van der Waals surface area contributed by atoms with Gasteiger partial charge in [0.1, 0.15) is 13.2 Å². The van der Waals surface area contributed by atoms with Gasteiger partial charge in [-0.25, -0.2) is 4.79 Å². The Kier molecular flexibility index (Phi) is 2.77. The molecule has 0 unspecified atom stereocenters. The van der Waals surface area contributed by atoms with Crippen LogP contribution in [0.2, 0.25) is 0 Å². The van der Waals surface area contributed by atoms with Gasteiger partial charge < -0.3 is 14.4 Å². The zero-order valence-corrected chi connectivity index (χ0v) is 8.64. The minimum atomic E-state index is -0.265. The Morgan fingerprint density at radius 2 is 2.40 bits per heavy atom. The lowest BCUT2D eigenvalue weighted by atomic mass is 10.2. The second-order valence-corrected chi connectivity index (χ2v) is 3.70. The number of fused-ring (bicyclic) bond motifs is 1. The van der Waals surface area contributed by atoms with Gasteiger partial charge in [-0.15, -0.1) is 0 Å². The van der Waals surface area contributed by atoms with Crippen molar-refractivity contribution < 1.29 is 19.1 Å². The predicted molar refractivity (Wildman–Crippen MR) is 50.3 cm³/mol. The van der Waals surface area contributed by atoms with E-state index in [1.165, 1.54) is 7.11 Å². The molecule has 0 radical (unpaired) electrons. The van der Waals surface area contributed by atoms with Crippen LogP contribution in [0.5, 0.6) is 0 Å². The smallest absolute Gasteiger partial charge is 0.410 e. The van der Waals surface area contributed by atoms with Crippen LogP contribution in [-0.2, 0) is 14.3 Å². The summed E-state index contributed by atoms with van der Waals surface area (Å²) in [5, 5.41) is 0. The summed E-state index contributed by atoms with van der Waals surface area (Å²) >= 11 is 0. The molecule has 0 aromatic heterocycles. The fraction of sp³-hybridized carbons (Fsp3) is 0.778. The molecule has 2 heterocycles. The van der Waals surface area contributed by atoms with Crippen LogP contribution in [0.3, 0.4) is 0 Å². The van der Waals surface area contributed by atoms with Crippen LogP contribution < -0.4 is 0 Å². The second kappa shape index (κ2) is 4.06. The number of amides is 2. The number of carbonyl (C=O) groups is 2. The quantitative estimate of drug-likeness (QED) is 0.609. The Morgan fingerprint density at radius 1 is 1.60 bits per heavy atom. The van der Waals surface area contributed by atoms with Crippen LogP contribution in [0, 0.1) is 0 Å². The molecule has 1 atom stereocenters. The first kappa shape index (κ1) is 10.2. The van der Waals surface area contributed by atoms with Gasteiger partial charge in [0.25, 0.3) is 0 Å². The number of methoxy groups -OCH3 is 1. The summed E-state index contributed by atoms with van der Waals surface area (Å²) in [6.45, 7) is 2.15. The van der Waals surface area contributed by atoms with Crippen molar-refractivity contribution in [2.75, 3.05) is 40.0 Å². The molecule has 0 aliphatic carbocycles. The van der Waals surface area contributed by atoms with Crippen molar-refractivity contribution in [3.8, 4) is 0 Å². The van der Waals surface area contributed by atoms with Crippen molar-refractivity contribution in [1.29, 1.82) is 0 Å². The van der Waals surface area contributed by atoms with Gasteiger partial charge in [-0.2, -0.15) is 0 Å². The lowest BCUT2D eigenvalue weighted by molar-refractivity contribution is -0.137. The zero-order valence-electron chi connectivity index (χ0n) is 8.64. The van der Waals surface area contributed by atoms with Crippen molar-refractivity contribution in [1.82, 2.24) is 9.80 Å². The van der Waals surface area contributed by atoms with Gasteiger partial charge in [-0.05, 0) is 0 Å². The van der Waals surface area contributed by atoms with Crippen molar-refractivity contribution in [3.05, 3.63) is 0 Å². The maximum Gasteiger partial charge on any atom is 0.410 e. The fourth-order valence-electron chi connectivity index (χ4n) is 1.93. The highest BCUT2D eigenvalue weighted by molar-refractivity contribution is 5.78. The molecule has 2 aliphatic heterocycles. The van der Waals surface area contributed by atoms with Gasteiger partial charge in [0.2, 0.25) is 5.91 Å². The summed E-state index contributed by atoms with van der Waals surface area (Å²) in [6, 6.07) is 0.0204. The highest BCUT2D eigenvalue weighted by Gasteiger charge is 2.38. The summed E-state index contributed by atoms with van der Waals surface area (Å²) in [5.74, 6) is -0.0310. The third-order valence-corrected chi connectivity index (χ3v) is 2.74. The Labute approximate surface area is 87.7 Å². The van der Waals surface area contributed by atoms with Crippen LogP contribution in [0.1, 0.15) is 0 Å². The fourth-order valence-corrected chi connectivity index (χ4v) is 1.93. The molecule has 6 nitrogen and oxygen atoms in total. The molecule has 2 fully saturated rings. The van der Waals surface area contributed by atoms with Crippen LogP contribution in [0.25, 0.3) is 0 Å². The molecular weight excluding hydrogens is 200 g/mol. The molecule has 15 heavy (non-hydrogen) atoms. The Bertz CT molecular complexity index is 281. The topological polar surface area (TPSA) is 59.1 Å². The van der Waals surface area contributed by atoms with E-state index in [-0.39, 0.29) is 24.6 Å². The first-order valence-corrected chi connectivity index (χ1v) is 4.92. The molecule has 2 rings (SSSR count). The molecule has 2 aliphatic rings. The van der Waals surface area contributed by atoms with E-state index in [9.17, 15) is 9.59 Å². The molecular formula is C9H14N2O4. The predicted octanol–water partition coefficient (Wildman–Crippen LogP) is -0.704. The van der Waals surface area contributed by atoms with Gasteiger partial charge in [0, 0.05) is 26.7 Å². The van der Waals surface area contributed by atoms with Gasteiger partial charge in [-0.3, -0.25) is 9.69 Å². The summed E-state index contributed by atoms with van der Waals surface area (Å²) in [6.07, 6.45) is -0.265. The monoisotopic (exact) mass is 214 g/mol. The largest absolute Gasteiger partial charge is 0.447 e. The minimum Gasteiger partial charge on any atom is -0.447 e. The Hall–Kier alpha value is -1.30. The maximum absolute atomic E-state index is 11.5. The van der Waals surface area contributed by atoms with Crippen molar-refractivity contribution in [2.24, 2.45) is 0 Å². The van der Waals surface area contributed by atoms with E-state index >= 15 is 0 Å². The number of rotatable bonds is 2. The number of ether oxygens (including phenoxy) is 2. The molecule has 0 aromatic rings.